The summed E-state index contributed by atoms with van der Waals surface area (Å²) < 4.78 is 38.2. The van der Waals surface area contributed by atoms with Crippen molar-refractivity contribution in [2.75, 3.05) is 38.6 Å². The fraction of sp³-hybridized carbons (Fsp3) is 0.692. The van der Waals surface area contributed by atoms with E-state index in [9.17, 15) is 13.2 Å². The molecule has 0 unspecified atom stereocenters. The highest BCUT2D eigenvalue weighted by Gasteiger charge is 2.34. The van der Waals surface area contributed by atoms with Crippen LogP contribution in [0.2, 0.25) is 5.28 Å². The first-order valence-corrected chi connectivity index (χ1v) is 7.15. The predicted octanol–water partition coefficient (Wildman–Crippen LogP) is 2.93. The van der Waals surface area contributed by atoms with Crippen LogP contribution in [0, 0.1) is 5.92 Å². The Morgan fingerprint density at radius 2 is 1.95 bits per heavy atom. The molecule has 1 aliphatic rings. The van der Waals surface area contributed by atoms with Crippen molar-refractivity contribution in [1.29, 1.82) is 0 Å². The third-order valence-electron chi connectivity index (χ3n) is 3.74. The summed E-state index contributed by atoms with van der Waals surface area (Å²) in [7, 11) is 3.80. The van der Waals surface area contributed by atoms with Crippen molar-refractivity contribution in [3.63, 3.8) is 0 Å². The van der Waals surface area contributed by atoms with Gasteiger partial charge in [0.15, 0.2) is 5.69 Å². The number of anilines is 1. The van der Waals surface area contributed by atoms with Gasteiger partial charge in [0.25, 0.3) is 0 Å². The summed E-state index contributed by atoms with van der Waals surface area (Å²) in [6.07, 6.45) is -2.45. The van der Waals surface area contributed by atoms with Crippen LogP contribution in [-0.2, 0) is 6.18 Å². The van der Waals surface area contributed by atoms with E-state index >= 15 is 0 Å². The van der Waals surface area contributed by atoms with Gasteiger partial charge < -0.3 is 9.80 Å². The summed E-state index contributed by atoms with van der Waals surface area (Å²) in [4.78, 5) is 11.1. The first kappa shape index (κ1) is 16.3. The van der Waals surface area contributed by atoms with E-state index in [2.05, 4.69) is 21.9 Å². The summed E-state index contributed by atoms with van der Waals surface area (Å²) in [6, 6.07) is 0.945. The molecule has 1 aromatic heterocycles. The molecular weight excluding hydrogens is 305 g/mol. The monoisotopic (exact) mass is 322 g/mol. The van der Waals surface area contributed by atoms with Crippen molar-refractivity contribution in [3.8, 4) is 0 Å². The third-order valence-corrected chi connectivity index (χ3v) is 3.91. The lowest BCUT2D eigenvalue weighted by Crippen LogP contribution is -2.36. The maximum absolute atomic E-state index is 12.7. The van der Waals surface area contributed by atoms with Crippen LogP contribution in [0.3, 0.4) is 0 Å². The van der Waals surface area contributed by atoms with Gasteiger partial charge in [-0.2, -0.15) is 13.2 Å². The van der Waals surface area contributed by atoms with Gasteiger partial charge in [0.1, 0.15) is 5.82 Å². The standard InChI is InChI=1S/C13H18ClF3N4/c1-20-5-3-9(4-6-20)8-21(2)11-7-10(13(15,16)17)18-12(14)19-11/h7,9H,3-6,8H2,1-2H3. The predicted molar refractivity (Wildman–Crippen MR) is 75.5 cm³/mol. The van der Waals surface area contributed by atoms with Crippen molar-refractivity contribution >= 4 is 17.4 Å². The lowest BCUT2D eigenvalue weighted by atomic mass is 9.97. The number of hydrogen-bond donors (Lipinski definition) is 0. The zero-order chi connectivity index (χ0) is 15.6. The fourth-order valence-corrected chi connectivity index (χ4v) is 2.65. The third kappa shape index (κ3) is 4.44. The highest BCUT2D eigenvalue weighted by molar-refractivity contribution is 6.28. The van der Waals surface area contributed by atoms with Crippen molar-refractivity contribution in [1.82, 2.24) is 14.9 Å². The molecule has 0 bridgehead atoms. The van der Waals surface area contributed by atoms with Crippen LogP contribution in [0.4, 0.5) is 19.0 Å². The zero-order valence-electron chi connectivity index (χ0n) is 12.0. The first-order chi connectivity index (χ1) is 9.75. The van der Waals surface area contributed by atoms with Crippen LogP contribution in [0.5, 0.6) is 0 Å². The smallest absolute Gasteiger partial charge is 0.359 e. The number of alkyl halides is 3. The van der Waals surface area contributed by atoms with Crippen molar-refractivity contribution in [3.05, 3.63) is 17.0 Å². The average molecular weight is 323 g/mol. The number of aromatic nitrogens is 2. The molecule has 1 saturated heterocycles. The second-order valence-corrected chi connectivity index (χ2v) is 5.84. The lowest BCUT2D eigenvalue weighted by molar-refractivity contribution is -0.141. The maximum Gasteiger partial charge on any atom is 0.433 e. The van der Waals surface area contributed by atoms with E-state index in [1.165, 1.54) is 0 Å². The Kier molecular flexibility index (Phi) is 4.93. The first-order valence-electron chi connectivity index (χ1n) is 6.77. The molecule has 0 aromatic carbocycles. The average Bonchev–Trinajstić information content (AvgIpc) is 2.39. The van der Waals surface area contributed by atoms with E-state index in [-0.39, 0.29) is 11.1 Å². The molecule has 8 heteroatoms. The van der Waals surface area contributed by atoms with Gasteiger partial charge in [0.2, 0.25) is 5.28 Å². The minimum atomic E-state index is -4.52. The van der Waals surface area contributed by atoms with Crippen LogP contribution >= 0.6 is 11.6 Å². The maximum atomic E-state index is 12.7. The number of piperidine rings is 1. The summed E-state index contributed by atoms with van der Waals surface area (Å²) in [5, 5.41) is -0.380. The van der Waals surface area contributed by atoms with Gasteiger partial charge >= 0.3 is 6.18 Å². The van der Waals surface area contributed by atoms with Crippen molar-refractivity contribution < 1.29 is 13.2 Å². The molecule has 2 heterocycles. The largest absolute Gasteiger partial charge is 0.433 e. The molecule has 1 aliphatic heterocycles. The minimum Gasteiger partial charge on any atom is -0.359 e. The molecule has 21 heavy (non-hydrogen) atoms. The van der Waals surface area contributed by atoms with Gasteiger partial charge in [0.05, 0.1) is 0 Å². The van der Waals surface area contributed by atoms with E-state index in [1.54, 1.807) is 11.9 Å². The fourth-order valence-electron chi connectivity index (χ4n) is 2.47. The second-order valence-electron chi connectivity index (χ2n) is 5.51. The topological polar surface area (TPSA) is 32.3 Å². The van der Waals surface area contributed by atoms with Gasteiger partial charge in [-0.05, 0) is 50.5 Å². The van der Waals surface area contributed by atoms with E-state index in [4.69, 9.17) is 11.6 Å². The molecule has 118 valence electrons. The van der Waals surface area contributed by atoms with Gasteiger partial charge in [-0.1, -0.05) is 0 Å². The Hall–Kier alpha value is -1.08. The zero-order valence-corrected chi connectivity index (χ0v) is 12.7. The number of likely N-dealkylation sites (tertiary alicyclic amines) is 1. The van der Waals surface area contributed by atoms with E-state index < -0.39 is 11.9 Å². The Morgan fingerprint density at radius 1 is 1.33 bits per heavy atom. The number of nitrogens with zero attached hydrogens (tertiary/aromatic N) is 4. The quantitative estimate of drug-likeness (QED) is 0.801. The molecular formula is C13H18ClF3N4. The Labute approximate surface area is 126 Å². The summed E-state index contributed by atoms with van der Waals surface area (Å²) >= 11 is 5.61. The molecule has 2 rings (SSSR count). The molecule has 0 saturated carbocycles. The van der Waals surface area contributed by atoms with Gasteiger partial charge in [0, 0.05) is 19.7 Å². The van der Waals surface area contributed by atoms with Crippen LogP contribution in [0.1, 0.15) is 18.5 Å². The number of rotatable bonds is 3. The Morgan fingerprint density at radius 3 is 2.52 bits per heavy atom. The van der Waals surface area contributed by atoms with Gasteiger partial charge in [-0.25, -0.2) is 9.97 Å². The molecule has 4 nitrogen and oxygen atoms in total. The van der Waals surface area contributed by atoms with Crippen molar-refractivity contribution in [2.45, 2.75) is 19.0 Å². The second kappa shape index (κ2) is 6.36. The van der Waals surface area contributed by atoms with Crippen LogP contribution < -0.4 is 4.90 Å². The minimum absolute atomic E-state index is 0.209. The van der Waals surface area contributed by atoms with Gasteiger partial charge in [-0.3, -0.25) is 0 Å². The van der Waals surface area contributed by atoms with Crippen LogP contribution in [-0.4, -0.2) is 48.6 Å². The highest BCUT2D eigenvalue weighted by Crippen LogP contribution is 2.30. The molecule has 0 radical (unpaired) electrons. The van der Waals surface area contributed by atoms with E-state index in [0.717, 1.165) is 32.0 Å². The molecule has 0 N–H and O–H groups in total. The molecule has 1 aromatic rings. The van der Waals surface area contributed by atoms with Crippen LogP contribution in [0.15, 0.2) is 6.07 Å². The molecule has 0 atom stereocenters. The molecule has 0 spiro atoms. The van der Waals surface area contributed by atoms with Crippen LogP contribution in [0.25, 0.3) is 0 Å². The Bertz CT molecular complexity index is 487. The number of halogens is 4. The molecule has 1 fully saturated rings. The summed E-state index contributed by atoms with van der Waals surface area (Å²) in [6.45, 7) is 2.69. The molecule has 0 aliphatic carbocycles. The highest BCUT2D eigenvalue weighted by atomic mass is 35.5. The van der Waals surface area contributed by atoms with Crippen molar-refractivity contribution in [2.24, 2.45) is 5.92 Å². The summed E-state index contributed by atoms with van der Waals surface area (Å²) in [5.41, 5.74) is -1.01. The lowest BCUT2D eigenvalue weighted by Gasteiger charge is -2.32. The number of hydrogen-bond acceptors (Lipinski definition) is 4. The SMILES string of the molecule is CN1CCC(CN(C)c2cc(C(F)(F)F)nc(Cl)n2)CC1. The molecule has 0 amide bonds. The Balaban J connectivity index is 2.08. The van der Waals surface area contributed by atoms with E-state index in [0.29, 0.717) is 12.5 Å². The van der Waals surface area contributed by atoms with Gasteiger partial charge in [-0.15, -0.1) is 0 Å². The summed E-state index contributed by atoms with van der Waals surface area (Å²) in [5.74, 6) is 0.663. The van der Waals surface area contributed by atoms with E-state index in [1.807, 2.05) is 0 Å². The normalized spacial score (nSPS) is 18.0.